The van der Waals surface area contributed by atoms with E-state index < -0.39 is 12.1 Å². The van der Waals surface area contributed by atoms with Crippen molar-refractivity contribution in [1.82, 2.24) is 15.1 Å². The fourth-order valence-electron chi connectivity index (χ4n) is 5.40. The fourth-order valence-corrected chi connectivity index (χ4v) is 5.40. The summed E-state index contributed by atoms with van der Waals surface area (Å²) >= 11 is 0. The van der Waals surface area contributed by atoms with Crippen LogP contribution in [0.5, 0.6) is 0 Å². The van der Waals surface area contributed by atoms with E-state index in [4.69, 9.17) is 5.73 Å². The first-order chi connectivity index (χ1) is 18.4. The molecule has 2 aromatic rings. The summed E-state index contributed by atoms with van der Waals surface area (Å²) in [6, 6.07) is 16.7. The summed E-state index contributed by atoms with van der Waals surface area (Å²) in [5.74, 6) is -0.0929. The minimum Gasteiger partial charge on any atom is -0.344 e. The van der Waals surface area contributed by atoms with E-state index in [9.17, 15) is 14.4 Å². The predicted molar refractivity (Wildman–Crippen MR) is 149 cm³/mol. The predicted octanol–water partition coefficient (Wildman–Crippen LogP) is 2.92. The van der Waals surface area contributed by atoms with Crippen LogP contribution in [0.3, 0.4) is 0 Å². The van der Waals surface area contributed by atoms with Gasteiger partial charge in [0.1, 0.15) is 6.04 Å². The molecule has 0 spiro atoms. The first-order valence-electron chi connectivity index (χ1n) is 13.9. The lowest BCUT2D eigenvalue weighted by atomic mass is 9.98. The van der Waals surface area contributed by atoms with Crippen LogP contribution >= 0.6 is 0 Å². The minimum atomic E-state index is -0.626. The number of carbonyl (C=O) groups is 3. The molecule has 204 valence electrons. The Morgan fingerprint density at radius 2 is 1.58 bits per heavy atom. The van der Waals surface area contributed by atoms with Crippen molar-refractivity contribution in [3.05, 3.63) is 65.7 Å². The number of carbonyl (C=O) groups excluding carboxylic acids is 3. The third-order valence-corrected chi connectivity index (χ3v) is 7.76. The van der Waals surface area contributed by atoms with Crippen molar-refractivity contribution in [3.63, 3.8) is 0 Å². The third kappa shape index (κ3) is 7.65. The Balaban J connectivity index is 1.33. The molecule has 8 nitrogen and oxygen atoms in total. The van der Waals surface area contributed by atoms with Gasteiger partial charge in [0.15, 0.2) is 0 Å². The Labute approximate surface area is 225 Å². The van der Waals surface area contributed by atoms with Gasteiger partial charge in [0.2, 0.25) is 17.7 Å². The summed E-state index contributed by atoms with van der Waals surface area (Å²) in [4.78, 5) is 42.5. The highest BCUT2D eigenvalue weighted by Crippen LogP contribution is 2.27. The molecule has 1 aliphatic heterocycles. The molecule has 3 amide bonds. The van der Waals surface area contributed by atoms with Crippen molar-refractivity contribution in [1.29, 1.82) is 0 Å². The summed E-state index contributed by atoms with van der Waals surface area (Å²) in [5.41, 5.74) is 9.04. The van der Waals surface area contributed by atoms with Gasteiger partial charge in [-0.3, -0.25) is 19.3 Å². The number of nitrogens with zero attached hydrogens (tertiary/aromatic N) is 2. The molecule has 2 aromatic carbocycles. The molecule has 2 unspecified atom stereocenters. The van der Waals surface area contributed by atoms with Crippen LogP contribution in [-0.2, 0) is 27.3 Å². The molecule has 2 fully saturated rings. The van der Waals surface area contributed by atoms with E-state index >= 15 is 0 Å². The largest absolute Gasteiger partial charge is 0.344 e. The Hall–Kier alpha value is -3.23. The lowest BCUT2D eigenvalue weighted by Gasteiger charge is -2.36. The molecule has 1 saturated carbocycles. The minimum absolute atomic E-state index is 0.0499. The van der Waals surface area contributed by atoms with E-state index in [1.807, 2.05) is 47.4 Å². The zero-order valence-electron chi connectivity index (χ0n) is 22.4. The van der Waals surface area contributed by atoms with Crippen molar-refractivity contribution in [3.8, 4) is 0 Å². The standard InChI is InChI=1S/C30H41N5O3/c1-2-27(36)33-26(30(38)35-18-16-34(17-19-35)21-23-8-4-3-5-9-23)20-22-12-14-25(15-13-22)32-29(37)28(31)24-10-6-7-11-24/h3-5,8-9,12-15,24,26,28H,2,6-7,10-11,16-21,31H2,1H3,(H,32,37)(H,33,36). The number of hydrogen-bond acceptors (Lipinski definition) is 5. The Morgan fingerprint density at radius 3 is 2.21 bits per heavy atom. The van der Waals surface area contributed by atoms with Gasteiger partial charge in [-0.05, 0) is 42.0 Å². The van der Waals surface area contributed by atoms with Crippen molar-refractivity contribution in [2.45, 2.75) is 64.1 Å². The molecular formula is C30H41N5O3. The molecule has 2 atom stereocenters. The van der Waals surface area contributed by atoms with Crippen molar-refractivity contribution >= 4 is 23.4 Å². The Morgan fingerprint density at radius 1 is 0.921 bits per heavy atom. The zero-order chi connectivity index (χ0) is 26.9. The van der Waals surface area contributed by atoms with Crippen molar-refractivity contribution in [2.24, 2.45) is 11.7 Å². The zero-order valence-corrected chi connectivity index (χ0v) is 22.4. The van der Waals surface area contributed by atoms with E-state index in [0.29, 0.717) is 31.6 Å². The Bertz CT molecular complexity index is 1060. The molecular weight excluding hydrogens is 478 g/mol. The van der Waals surface area contributed by atoms with Gasteiger partial charge in [-0.25, -0.2) is 0 Å². The maximum Gasteiger partial charge on any atom is 0.245 e. The number of anilines is 1. The SMILES string of the molecule is CCC(=O)NC(Cc1ccc(NC(=O)C(N)C2CCCC2)cc1)C(=O)N1CCN(Cc2ccccc2)CC1. The van der Waals surface area contributed by atoms with E-state index in [1.54, 1.807) is 6.92 Å². The van der Waals surface area contributed by atoms with Gasteiger partial charge in [-0.1, -0.05) is 62.2 Å². The number of nitrogens with one attached hydrogen (secondary N) is 2. The molecule has 38 heavy (non-hydrogen) atoms. The highest BCUT2D eigenvalue weighted by molar-refractivity contribution is 5.95. The lowest BCUT2D eigenvalue weighted by molar-refractivity contribution is -0.138. The summed E-state index contributed by atoms with van der Waals surface area (Å²) in [6.07, 6.45) is 5.00. The second-order valence-electron chi connectivity index (χ2n) is 10.5. The van der Waals surface area contributed by atoms with Crippen molar-refractivity contribution < 1.29 is 14.4 Å². The first kappa shape index (κ1) is 27.8. The number of piperazine rings is 1. The average molecular weight is 520 g/mol. The fraction of sp³-hybridized carbons (Fsp3) is 0.500. The van der Waals surface area contributed by atoms with Crippen LogP contribution in [0.4, 0.5) is 5.69 Å². The number of rotatable bonds is 10. The van der Waals surface area contributed by atoms with E-state index in [2.05, 4.69) is 27.7 Å². The van der Waals surface area contributed by atoms with Gasteiger partial charge in [-0.2, -0.15) is 0 Å². The first-order valence-corrected chi connectivity index (χ1v) is 13.9. The highest BCUT2D eigenvalue weighted by Gasteiger charge is 2.29. The highest BCUT2D eigenvalue weighted by atomic mass is 16.2. The summed E-state index contributed by atoms with van der Waals surface area (Å²) < 4.78 is 0. The van der Waals surface area contributed by atoms with Gasteiger partial charge in [0.05, 0.1) is 6.04 Å². The maximum atomic E-state index is 13.5. The normalized spacial score (nSPS) is 18.1. The summed E-state index contributed by atoms with van der Waals surface area (Å²) in [7, 11) is 0. The number of amides is 3. The van der Waals surface area contributed by atoms with Gasteiger partial charge >= 0.3 is 0 Å². The second kappa shape index (κ2) is 13.5. The van der Waals surface area contributed by atoms with Gasteiger partial charge in [-0.15, -0.1) is 0 Å². The van der Waals surface area contributed by atoms with Gasteiger partial charge in [0, 0.05) is 51.3 Å². The molecule has 2 aliphatic rings. The van der Waals surface area contributed by atoms with E-state index in [-0.39, 0.29) is 23.6 Å². The molecule has 0 aromatic heterocycles. The van der Waals surface area contributed by atoms with E-state index in [1.165, 1.54) is 5.56 Å². The van der Waals surface area contributed by atoms with Crippen molar-refractivity contribution in [2.75, 3.05) is 31.5 Å². The topological polar surface area (TPSA) is 108 Å². The molecule has 1 aliphatic carbocycles. The van der Waals surface area contributed by atoms with Crippen LogP contribution in [0, 0.1) is 5.92 Å². The monoisotopic (exact) mass is 519 g/mol. The third-order valence-electron chi connectivity index (χ3n) is 7.76. The van der Waals surface area contributed by atoms with Crippen LogP contribution in [0.1, 0.15) is 50.2 Å². The molecule has 4 rings (SSSR count). The second-order valence-corrected chi connectivity index (χ2v) is 10.5. The Kier molecular flexibility index (Phi) is 9.90. The van der Waals surface area contributed by atoms with Gasteiger partial charge in [0.25, 0.3) is 0 Å². The van der Waals surface area contributed by atoms with Crippen LogP contribution < -0.4 is 16.4 Å². The van der Waals surface area contributed by atoms with Gasteiger partial charge < -0.3 is 21.3 Å². The molecule has 1 heterocycles. The summed E-state index contributed by atoms with van der Waals surface area (Å²) in [6.45, 7) is 5.52. The van der Waals surface area contributed by atoms with Crippen LogP contribution in [0.15, 0.2) is 54.6 Å². The molecule has 4 N–H and O–H groups in total. The number of benzene rings is 2. The molecule has 0 radical (unpaired) electrons. The number of nitrogens with two attached hydrogens (primary N) is 1. The van der Waals surface area contributed by atoms with Crippen LogP contribution in [0.25, 0.3) is 0 Å². The lowest BCUT2D eigenvalue weighted by Crippen LogP contribution is -2.55. The smallest absolute Gasteiger partial charge is 0.245 e. The quantitative estimate of drug-likeness (QED) is 0.447. The maximum absolute atomic E-state index is 13.5. The molecule has 1 saturated heterocycles. The molecule has 8 heteroatoms. The van der Waals surface area contributed by atoms with Crippen LogP contribution in [-0.4, -0.2) is 65.8 Å². The van der Waals surface area contributed by atoms with Crippen LogP contribution in [0.2, 0.25) is 0 Å². The average Bonchev–Trinajstić information content (AvgIpc) is 3.49. The molecule has 0 bridgehead atoms. The number of hydrogen-bond donors (Lipinski definition) is 3. The summed E-state index contributed by atoms with van der Waals surface area (Å²) in [5, 5.41) is 5.85. The van der Waals surface area contributed by atoms with E-state index in [0.717, 1.165) is 50.9 Å².